The highest BCUT2D eigenvalue weighted by molar-refractivity contribution is 7.15. The largest absolute Gasteiger partial charge is 0.477 e. The van der Waals surface area contributed by atoms with Gasteiger partial charge in [0, 0.05) is 36.3 Å². The zero-order chi connectivity index (χ0) is 26.7. The Bertz CT molecular complexity index is 1060. The van der Waals surface area contributed by atoms with Crippen molar-refractivity contribution in [3.8, 4) is 11.8 Å². The number of thiophene rings is 1. The number of ketones is 1. The number of carboxylic acid groups (broad SMARTS) is 1. The van der Waals surface area contributed by atoms with Crippen molar-refractivity contribution in [2.45, 2.75) is 91.5 Å². The third kappa shape index (κ3) is 7.03. The Morgan fingerprint density at radius 1 is 1.14 bits per heavy atom. The van der Waals surface area contributed by atoms with E-state index >= 15 is 0 Å². The molecule has 0 bridgehead atoms. The van der Waals surface area contributed by atoms with Crippen LogP contribution in [0, 0.1) is 35.0 Å². The molecule has 37 heavy (non-hydrogen) atoms. The fraction of sp³-hybridized carbons (Fsp3) is 0.700. The van der Waals surface area contributed by atoms with E-state index < -0.39 is 5.97 Å². The maximum Gasteiger partial charge on any atom is 0.348 e. The molecule has 1 aromatic rings. The number of nitrogens with zero attached hydrogens (tertiary/aromatic N) is 2. The Balaban J connectivity index is 1.68. The summed E-state index contributed by atoms with van der Waals surface area (Å²) < 4.78 is 0. The predicted molar refractivity (Wildman–Crippen MR) is 148 cm³/mol. The van der Waals surface area contributed by atoms with Crippen LogP contribution in [0.25, 0.3) is 0 Å². The molecule has 4 rings (SSSR count). The van der Waals surface area contributed by atoms with Crippen LogP contribution >= 0.6 is 11.3 Å². The van der Waals surface area contributed by atoms with E-state index in [0.29, 0.717) is 35.7 Å². The predicted octanol–water partition coefficient (Wildman–Crippen LogP) is 5.84. The normalized spacial score (nSPS) is 27.0. The van der Waals surface area contributed by atoms with Crippen molar-refractivity contribution >= 4 is 34.7 Å². The first-order valence-electron chi connectivity index (χ1n) is 14.0. The van der Waals surface area contributed by atoms with Crippen LogP contribution in [-0.4, -0.2) is 53.3 Å². The first-order chi connectivity index (χ1) is 17.5. The van der Waals surface area contributed by atoms with Gasteiger partial charge in [0.05, 0.1) is 10.6 Å². The third-order valence-corrected chi connectivity index (χ3v) is 9.14. The second-order valence-corrected chi connectivity index (χ2v) is 13.4. The molecular formula is C30H42N2O4S. The molecule has 2 aliphatic carbocycles. The van der Waals surface area contributed by atoms with E-state index in [0.717, 1.165) is 56.7 Å². The Kier molecular flexibility index (Phi) is 8.81. The second-order valence-electron chi connectivity index (χ2n) is 12.4. The number of anilines is 1. The van der Waals surface area contributed by atoms with E-state index in [-0.39, 0.29) is 39.9 Å². The van der Waals surface area contributed by atoms with E-state index in [1.165, 1.54) is 12.8 Å². The number of hydrogen-bond donors (Lipinski definition) is 1. The minimum atomic E-state index is -1.03. The van der Waals surface area contributed by atoms with Crippen LogP contribution in [0.1, 0.15) is 100 Å². The molecule has 0 spiro atoms. The maximum absolute atomic E-state index is 14.1. The fourth-order valence-corrected chi connectivity index (χ4v) is 6.84. The van der Waals surface area contributed by atoms with Crippen molar-refractivity contribution in [3.63, 3.8) is 0 Å². The molecule has 1 amide bonds. The molecule has 7 heteroatoms. The minimum absolute atomic E-state index is 0.0294. The summed E-state index contributed by atoms with van der Waals surface area (Å²) in [4.78, 5) is 44.4. The van der Waals surface area contributed by atoms with Gasteiger partial charge in [-0.1, -0.05) is 18.8 Å². The summed E-state index contributed by atoms with van der Waals surface area (Å²) in [7, 11) is 0. The highest BCUT2D eigenvalue weighted by Crippen LogP contribution is 2.39. The topological polar surface area (TPSA) is 77.9 Å². The summed E-state index contributed by atoms with van der Waals surface area (Å²) in [6.07, 6.45) is 7.67. The molecular weight excluding hydrogens is 484 g/mol. The van der Waals surface area contributed by atoms with Gasteiger partial charge in [0.1, 0.15) is 10.7 Å². The lowest BCUT2D eigenvalue weighted by molar-refractivity contribution is -0.128. The van der Waals surface area contributed by atoms with Crippen LogP contribution in [0.15, 0.2) is 6.07 Å². The van der Waals surface area contributed by atoms with Crippen LogP contribution in [0.5, 0.6) is 0 Å². The Morgan fingerprint density at radius 2 is 1.81 bits per heavy atom. The smallest absolute Gasteiger partial charge is 0.348 e. The van der Waals surface area contributed by atoms with E-state index in [2.05, 4.69) is 23.7 Å². The number of amides is 1. The van der Waals surface area contributed by atoms with Gasteiger partial charge in [0.25, 0.3) is 0 Å². The molecule has 2 atom stereocenters. The zero-order valence-corrected chi connectivity index (χ0v) is 23.7. The van der Waals surface area contributed by atoms with E-state index in [9.17, 15) is 19.5 Å². The number of hydrogen-bond acceptors (Lipinski definition) is 5. The number of carboxylic acids is 1. The van der Waals surface area contributed by atoms with Crippen molar-refractivity contribution in [1.29, 1.82) is 0 Å². The molecule has 3 fully saturated rings. The average molecular weight is 527 g/mol. The first kappa shape index (κ1) is 27.9. The second kappa shape index (κ2) is 11.7. The van der Waals surface area contributed by atoms with Gasteiger partial charge in [-0.15, -0.1) is 11.3 Å². The monoisotopic (exact) mass is 526 g/mol. The zero-order valence-electron chi connectivity index (χ0n) is 22.8. The number of carbonyl (C=O) groups excluding carboxylic acids is 2. The van der Waals surface area contributed by atoms with Gasteiger partial charge < -0.3 is 14.9 Å². The van der Waals surface area contributed by atoms with Crippen molar-refractivity contribution < 1.29 is 19.5 Å². The Labute approximate surface area is 225 Å². The van der Waals surface area contributed by atoms with Gasteiger partial charge in [-0.25, -0.2) is 4.79 Å². The molecule has 0 aromatic carbocycles. The summed E-state index contributed by atoms with van der Waals surface area (Å²) in [6.45, 7) is 11.1. The van der Waals surface area contributed by atoms with E-state index in [1.807, 2.05) is 26.8 Å². The van der Waals surface area contributed by atoms with Crippen molar-refractivity contribution in [2.75, 3.05) is 24.5 Å². The summed E-state index contributed by atoms with van der Waals surface area (Å²) in [5.74, 6) is 6.04. The molecule has 1 unspecified atom stereocenters. The lowest BCUT2D eigenvalue weighted by Gasteiger charge is -2.40. The number of carbonyl (C=O) groups is 3. The van der Waals surface area contributed by atoms with Crippen LogP contribution in [0.4, 0.5) is 5.69 Å². The molecule has 2 saturated carbocycles. The summed E-state index contributed by atoms with van der Waals surface area (Å²) in [5, 5.41) is 10.1. The van der Waals surface area contributed by atoms with Gasteiger partial charge in [-0.2, -0.15) is 0 Å². The minimum Gasteiger partial charge on any atom is -0.477 e. The van der Waals surface area contributed by atoms with Gasteiger partial charge in [-0.05, 0) is 97.2 Å². The van der Waals surface area contributed by atoms with Crippen molar-refractivity contribution in [3.05, 3.63) is 15.8 Å². The summed E-state index contributed by atoms with van der Waals surface area (Å²) in [5.41, 5.74) is 0.257. The molecule has 2 heterocycles. The standard InChI is InChI=1S/C30H42N2O4S/c1-20-7-9-21(10-8-20)28(34)32(23-11-12-26(33)22(17-23)19-31-15-5-6-16-31)25-18-24(13-14-30(2,3)4)37-27(25)29(35)36/h18,20-23H,5-12,15-17,19H2,1-4H3,(H,35,36)/t20-,21-,22?,23-/m1/s1. The maximum atomic E-state index is 14.1. The highest BCUT2D eigenvalue weighted by atomic mass is 32.1. The SMILES string of the molecule is CC(C)(C)C#Cc1cc(N(C(=O)[C@H]2CC[C@H](C)CC2)[C@@H]2CCC(=O)C(CN3CCCC3)C2)c(C(=O)O)s1. The van der Waals surface area contributed by atoms with Gasteiger partial charge in [0.15, 0.2) is 0 Å². The van der Waals surface area contributed by atoms with Crippen molar-refractivity contribution in [2.24, 2.45) is 23.2 Å². The fourth-order valence-electron chi connectivity index (χ4n) is 6.00. The number of aromatic carboxylic acids is 1. The van der Waals surface area contributed by atoms with Crippen LogP contribution in [0.2, 0.25) is 0 Å². The molecule has 6 nitrogen and oxygen atoms in total. The molecule has 3 aliphatic rings. The van der Waals surface area contributed by atoms with Crippen LogP contribution in [-0.2, 0) is 9.59 Å². The summed E-state index contributed by atoms with van der Waals surface area (Å²) in [6, 6.07) is 1.63. The van der Waals surface area contributed by atoms with Gasteiger partial charge in [-0.3, -0.25) is 9.59 Å². The number of likely N-dealkylation sites (tertiary alicyclic amines) is 1. The number of Topliss-reactive ketones (excluding diaryl/α,β-unsaturated/α-hetero) is 1. The van der Waals surface area contributed by atoms with Gasteiger partial charge >= 0.3 is 5.97 Å². The molecule has 202 valence electrons. The quantitative estimate of drug-likeness (QED) is 0.472. The molecule has 1 saturated heterocycles. The Morgan fingerprint density at radius 3 is 2.43 bits per heavy atom. The van der Waals surface area contributed by atoms with Gasteiger partial charge in [0.2, 0.25) is 5.91 Å². The van der Waals surface area contributed by atoms with Crippen LogP contribution < -0.4 is 4.90 Å². The van der Waals surface area contributed by atoms with E-state index in [4.69, 9.17) is 0 Å². The highest BCUT2D eigenvalue weighted by Gasteiger charge is 2.40. The van der Waals surface area contributed by atoms with E-state index in [1.54, 1.807) is 4.90 Å². The lowest BCUT2D eigenvalue weighted by Crippen LogP contribution is -2.49. The average Bonchev–Trinajstić information content (AvgIpc) is 3.50. The summed E-state index contributed by atoms with van der Waals surface area (Å²) >= 11 is 1.15. The molecule has 1 N–H and O–H groups in total. The lowest BCUT2D eigenvalue weighted by atomic mass is 9.80. The van der Waals surface area contributed by atoms with Crippen LogP contribution in [0.3, 0.4) is 0 Å². The molecule has 1 aromatic heterocycles. The molecule has 0 radical (unpaired) electrons. The Hall–Kier alpha value is -2.17. The third-order valence-electron chi connectivity index (χ3n) is 8.11. The number of rotatable bonds is 6. The van der Waals surface area contributed by atoms with Crippen molar-refractivity contribution in [1.82, 2.24) is 4.90 Å². The molecule has 1 aliphatic heterocycles. The first-order valence-corrected chi connectivity index (χ1v) is 14.8.